The van der Waals surface area contributed by atoms with E-state index in [1.807, 2.05) is 6.92 Å². The van der Waals surface area contributed by atoms with Crippen LogP contribution >= 0.6 is 0 Å². The van der Waals surface area contributed by atoms with Crippen LogP contribution in [0.2, 0.25) is 0 Å². The van der Waals surface area contributed by atoms with Crippen LogP contribution in [0.5, 0.6) is 5.88 Å². The van der Waals surface area contributed by atoms with Gasteiger partial charge >= 0.3 is 0 Å². The summed E-state index contributed by atoms with van der Waals surface area (Å²) in [5, 5.41) is 3.48. The minimum absolute atomic E-state index is 0.484. The molecule has 2 aliphatic rings. The summed E-state index contributed by atoms with van der Waals surface area (Å²) in [5.74, 6) is 2.91. The van der Waals surface area contributed by atoms with Crippen LogP contribution in [0.4, 0.5) is 11.5 Å². The van der Waals surface area contributed by atoms with Gasteiger partial charge in [0.1, 0.15) is 12.0 Å². The van der Waals surface area contributed by atoms with Crippen molar-refractivity contribution in [2.45, 2.75) is 38.6 Å². The molecule has 3 unspecified atom stereocenters. The van der Waals surface area contributed by atoms with Crippen molar-refractivity contribution in [2.24, 2.45) is 11.8 Å². The maximum atomic E-state index is 6.03. The molecule has 3 atom stereocenters. The molecule has 2 saturated carbocycles. The van der Waals surface area contributed by atoms with Gasteiger partial charge in [-0.05, 0) is 38.0 Å². The zero-order valence-electron chi connectivity index (χ0n) is 10.7. The molecule has 0 spiro atoms. The quantitative estimate of drug-likeness (QED) is 0.853. The first-order chi connectivity index (χ1) is 8.78. The Bertz CT molecular complexity index is 437. The van der Waals surface area contributed by atoms with Crippen molar-refractivity contribution in [1.29, 1.82) is 0 Å². The van der Waals surface area contributed by atoms with E-state index in [2.05, 4.69) is 15.3 Å². The molecule has 0 aromatic carbocycles. The van der Waals surface area contributed by atoms with Gasteiger partial charge in [0.2, 0.25) is 5.88 Å². The molecule has 18 heavy (non-hydrogen) atoms. The Hall–Kier alpha value is -1.52. The van der Waals surface area contributed by atoms with Crippen molar-refractivity contribution in [3.8, 4) is 5.88 Å². The van der Waals surface area contributed by atoms with Crippen molar-refractivity contribution in [2.75, 3.05) is 17.7 Å². The first kappa shape index (κ1) is 11.6. The summed E-state index contributed by atoms with van der Waals surface area (Å²) in [4.78, 5) is 8.29. The van der Waals surface area contributed by atoms with Gasteiger partial charge in [-0.1, -0.05) is 6.42 Å². The van der Waals surface area contributed by atoms with Crippen LogP contribution in [-0.4, -0.2) is 22.6 Å². The van der Waals surface area contributed by atoms with Crippen LogP contribution in [0.15, 0.2) is 6.33 Å². The third kappa shape index (κ3) is 1.98. The van der Waals surface area contributed by atoms with Gasteiger partial charge < -0.3 is 15.8 Å². The summed E-state index contributed by atoms with van der Waals surface area (Å²) in [6.07, 6.45) is 6.86. The average molecular weight is 248 g/mol. The largest absolute Gasteiger partial charge is 0.476 e. The molecule has 1 aromatic rings. The number of nitrogens with zero attached hydrogens (tertiary/aromatic N) is 2. The van der Waals surface area contributed by atoms with Gasteiger partial charge in [0.25, 0.3) is 0 Å². The number of aromatic nitrogens is 2. The van der Waals surface area contributed by atoms with Crippen molar-refractivity contribution in [1.82, 2.24) is 9.97 Å². The van der Waals surface area contributed by atoms with Gasteiger partial charge in [-0.15, -0.1) is 0 Å². The van der Waals surface area contributed by atoms with E-state index in [9.17, 15) is 0 Å². The second kappa shape index (κ2) is 4.63. The zero-order chi connectivity index (χ0) is 12.5. The third-order valence-electron chi connectivity index (χ3n) is 4.19. The van der Waals surface area contributed by atoms with Crippen LogP contribution in [0.1, 0.15) is 32.6 Å². The number of ether oxygens (including phenoxy) is 1. The molecule has 3 rings (SSSR count). The van der Waals surface area contributed by atoms with E-state index < -0.39 is 0 Å². The van der Waals surface area contributed by atoms with Gasteiger partial charge in [0.15, 0.2) is 5.82 Å². The highest BCUT2D eigenvalue weighted by Crippen LogP contribution is 2.45. The number of hydrogen-bond acceptors (Lipinski definition) is 5. The molecule has 1 heterocycles. The lowest BCUT2D eigenvalue weighted by molar-refractivity contribution is 0.328. The van der Waals surface area contributed by atoms with Gasteiger partial charge in [-0.3, -0.25) is 0 Å². The number of anilines is 2. The van der Waals surface area contributed by atoms with Gasteiger partial charge in [-0.2, -0.15) is 4.98 Å². The lowest BCUT2D eigenvalue weighted by Gasteiger charge is -2.24. The number of nitrogens with two attached hydrogens (primary N) is 1. The zero-order valence-corrected chi connectivity index (χ0v) is 10.7. The molecular weight excluding hydrogens is 228 g/mol. The Labute approximate surface area is 107 Å². The van der Waals surface area contributed by atoms with E-state index in [-0.39, 0.29) is 0 Å². The maximum Gasteiger partial charge on any atom is 0.242 e. The second-order valence-electron chi connectivity index (χ2n) is 5.30. The standard InChI is InChI=1S/C13H20N4O/c1-2-18-13-11(14)12(15-7-16-13)17-10-6-8-3-4-9(10)5-8/h7-10H,2-6,14H2,1H3,(H,15,16,17). The molecular formula is C13H20N4O. The lowest BCUT2D eigenvalue weighted by Crippen LogP contribution is -2.27. The molecule has 0 amide bonds. The minimum atomic E-state index is 0.484. The molecule has 0 saturated heterocycles. The SMILES string of the molecule is CCOc1ncnc(NC2CC3CCC2C3)c1N. The summed E-state index contributed by atoms with van der Waals surface area (Å²) in [5.41, 5.74) is 6.56. The Balaban J connectivity index is 1.74. The topological polar surface area (TPSA) is 73.1 Å². The smallest absolute Gasteiger partial charge is 0.242 e. The Morgan fingerprint density at radius 3 is 2.94 bits per heavy atom. The van der Waals surface area contributed by atoms with Crippen LogP contribution < -0.4 is 15.8 Å². The van der Waals surface area contributed by atoms with E-state index in [0.717, 1.165) is 17.7 Å². The Morgan fingerprint density at radius 2 is 2.28 bits per heavy atom. The number of nitrogens with one attached hydrogen (secondary N) is 1. The highest BCUT2D eigenvalue weighted by molar-refractivity contribution is 5.66. The van der Waals surface area contributed by atoms with Crippen LogP contribution in [0.25, 0.3) is 0 Å². The van der Waals surface area contributed by atoms with E-state index in [4.69, 9.17) is 10.5 Å². The minimum Gasteiger partial charge on any atom is -0.476 e. The summed E-state index contributed by atoms with van der Waals surface area (Å²) in [7, 11) is 0. The van der Waals surface area contributed by atoms with E-state index in [1.165, 1.54) is 32.0 Å². The van der Waals surface area contributed by atoms with Crippen molar-refractivity contribution in [3.63, 3.8) is 0 Å². The fourth-order valence-corrected chi connectivity index (χ4v) is 3.34. The number of hydrogen-bond donors (Lipinski definition) is 2. The van der Waals surface area contributed by atoms with Gasteiger partial charge in [-0.25, -0.2) is 4.98 Å². The predicted octanol–water partition coefficient (Wildman–Crippen LogP) is 2.06. The molecule has 3 N–H and O–H groups in total. The van der Waals surface area contributed by atoms with E-state index in [0.29, 0.717) is 24.2 Å². The normalized spacial score (nSPS) is 29.5. The molecule has 98 valence electrons. The van der Waals surface area contributed by atoms with Crippen LogP contribution in [0.3, 0.4) is 0 Å². The first-order valence-electron chi connectivity index (χ1n) is 6.77. The van der Waals surface area contributed by atoms with Crippen LogP contribution in [-0.2, 0) is 0 Å². The average Bonchev–Trinajstić information content (AvgIpc) is 2.96. The van der Waals surface area contributed by atoms with Gasteiger partial charge in [0.05, 0.1) is 6.61 Å². The van der Waals surface area contributed by atoms with Gasteiger partial charge in [0, 0.05) is 6.04 Å². The highest BCUT2D eigenvalue weighted by Gasteiger charge is 2.39. The Morgan fingerprint density at radius 1 is 1.39 bits per heavy atom. The number of nitrogen functional groups attached to an aromatic ring is 1. The molecule has 2 aliphatic carbocycles. The van der Waals surface area contributed by atoms with Crippen molar-refractivity contribution < 1.29 is 4.74 Å². The fraction of sp³-hybridized carbons (Fsp3) is 0.692. The molecule has 2 bridgehead atoms. The predicted molar refractivity (Wildman–Crippen MR) is 70.5 cm³/mol. The monoisotopic (exact) mass is 248 g/mol. The molecule has 5 nitrogen and oxygen atoms in total. The van der Waals surface area contributed by atoms with E-state index in [1.54, 1.807) is 0 Å². The molecule has 0 aliphatic heterocycles. The van der Waals surface area contributed by atoms with Crippen molar-refractivity contribution in [3.05, 3.63) is 6.33 Å². The Kier molecular flexibility index (Phi) is 2.97. The summed E-state index contributed by atoms with van der Waals surface area (Å²) < 4.78 is 5.39. The third-order valence-corrected chi connectivity index (χ3v) is 4.19. The molecule has 5 heteroatoms. The summed E-state index contributed by atoms with van der Waals surface area (Å²) >= 11 is 0. The second-order valence-corrected chi connectivity index (χ2v) is 5.30. The molecule has 2 fully saturated rings. The number of fused-ring (bicyclic) bond motifs is 2. The lowest BCUT2D eigenvalue weighted by atomic mass is 9.95. The first-order valence-corrected chi connectivity index (χ1v) is 6.77. The van der Waals surface area contributed by atoms with Crippen LogP contribution in [0, 0.1) is 11.8 Å². The summed E-state index contributed by atoms with van der Waals surface area (Å²) in [6, 6.07) is 0.524. The molecule has 0 radical (unpaired) electrons. The summed E-state index contributed by atoms with van der Waals surface area (Å²) in [6.45, 7) is 2.49. The van der Waals surface area contributed by atoms with E-state index >= 15 is 0 Å². The highest BCUT2D eigenvalue weighted by atomic mass is 16.5. The molecule has 1 aromatic heterocycles. The van der Waals surface area contributed by atoms with Crippen molar-refractivity contribution >= 4 is 11.5 Å². The number of rotatable bonds is 4. The fourth-order valence-electron chi connectivity index (χ4n) is 3.34. The maximum absolute atomic E-state index is 6.03.